The zero-order chi connectivity index (χ0) is 7.82. The van der Waals surface area contributed by atoms with Gasteiger partial charge in [0, 0.05) is 13.0 Å². The molecule has 0 unspecified atom stereocenters. The summed E-state index contributed by atoms with van der Waals surface area (Å²) in [5, 5.41) is 8.38. The Labute approximate surface area is 61.6 Å². The third-order valence-corrected chi connectivity index (χ3v) is 1.31. The number of unbranched alkanes of at least 4 members (excludes halogenated alkanes) is 2. The van der Waals surface area contributed by atoms with Gasteiger partial charge in [0.05, 0.1) is 0 Å². The molecule has 0 amide bonds. The summed E-state index contributed by atoms with van der Waals surface area (Å²) in [5.74, 6) is 0.0953. The Balaban J connectivity index is 3.03. The van der Waals surface area contributed by atoms with E-state index in [0.717, 1.165) is 19.3 Å². The fourth-order valence-corrected chi connectivity index (χ4v) is 0.690. The summed E-state index contributed by atoms with van der Waals surface area (Å²) in [5.41, 5.74) is 0. The standard InChI is InChI=1S/C8H14O2/c1-2-8(10)6-4-3-5-7-9/h2,9H,1,3-7H2. The number of aliphatic hydroxyl groups excluding tert-OH is 1. The van der Waals surface area contributed by atoms with Crippen molar-refractivity contribution < 1.29 is 9.90 Å². The zero-order valence-electron chi connectivity index (χ0n) is 6.18. The number of hydrogen-bond acceptors (Lipinski definition) is 2. The van der Waals surface area contributed by atoms with Crippen molar-refractivity contribution in [3.63, 3.8) is 0 Å². The molecular weight excluding hydrogens is 128 g/mol. The fourth-order valence-electron chi connectivity index (χ4n) is 0.690. The van der Waals surface area contributed by atoms with Crippen molar-refractivity contribution in [2.24, 2.45) is 0 Å². The summed E-state index contributed by atoms with van der Waals surface area (Å²) in [7, 11) is 0. The summed E-state index contributed by atoms with van der Waals surface area (Å²) in [6, 6.07) is 0. The van der Waals surface area contributed by atoms with Crippen LogP contribution in [0.1, 0.15) is 25.7 Å². The third kappa shape index (κ3) is 5.51. The van der Waals surface area contributed by atoms with Crippen LogP contribution >= 0.6 is 0 Å². The monoisotopic (exact) mass is 142 g/mol. The summed E-state index contributed by atoms with van der Waals surface area (Å²) in [4.78, 5) is 10.6. The minimum absolute atomic E-state index is 0.0953. The van der Waals surface area contributed by atoms with E-state index in [0.29, 0.717) is 6.42 Å². The van der Waals surface area contributed by atoms with E-state index in [-0.39, 0.29) is 12.4 Å². The lowest BCUT2D eigenvalue weighted by Crippen LogP contribution is -1.91. The summed E-state index contributed by atoms with van der Waals surface area (Å²) >= 11 is 0. The van der Waals surface area contributed by atoms with Crippen LogP contribution in [0.4, 0.5) is 0 Å². The van der Waals surface area contributed by atoms with Crippen LogP contribution in [0.5, 0.6) is 0 Å². The normalized spacial score (nSPS) is 9.30. The van der Waals surface area contributed by atoms with Crippen molar-refractivity contribution in [2.45, 2.75) is 25.7 Å². The Kier molecular flexibility index (Phi) is 6.08. The molecule has 0 bridgehead atoms. The summed E-state index contributed by atoms with van der Waals surface area (Å²) < 4.78 is 0. The minimum Gasteiger partial charge on any atom is -0.396 e. The molecule has 0 saturated heterocycles. The third-order valence-electron chi connectivity index (χ3n) is 1.31. The SMILES string of the molecule is C=CC(=O)CCCCCO. The molecule has 10 heavy (non-hydrogen) atoms. The molecule has 2 nitrogen and oxygen atoms in total. The van der Waals surface area contributed by atoms with Gasteiger partial charge in [-0.3, -0.25) is 4.79 Å². The average molecular weight is 142 g/mol. The van der Waals surface area contributed by atoms with Crippen LogP contribution in [-0.4, -0.2) is 17.5 Å². The first-order valence-electron chi connectivity index (χ1n) is 3.57. The van der Waals surface area contributed by atoms with Crippen LogP contribution in [0, 0.1) is 0 Å². The Hall–Kier alpha value is -0.630. The second kappa shape index (κ2) is 6.49. The van der Waals surface area contributed by atoms with Crippen molar-refractivity contribution in [1.82, 2.24) is 0 Å². The van der Waals surface area contributed by atoms with E-state index in [1.54, 1.807) is 0 Å². The molecule has 0 radical (unpaired) electrons. The van der Waals surface area contributed by atoms with Gasteiger partial charge in [0.25, 0.3) is 0 Å². The quantitative estimate of drug-likeness (QED) is 0.448. The number of carbonyl (C=O) groups excluding carboxylic acids is 1. The molecule has 0 rings (SSSR count). The van der Waals surface area contributed by atoms with Crippen LogP contribution in [0.15, 0.2) is 12.7 Å². The van der Waals surface area contributed by atoms with E-state index in [2.05, 4.69) is 6.58 Å². The topological polar surface area (TPSA) is 37.3 Å². The van der Waals surface area contributed by atoms with Gasteiger partial charge in [-0.05, 0) is 18.9 Å². The van der Waals surface area contributed by atoms with Crippen LogP contribution in [-0.2, 0) is 4.79 Å². The molecule has 0 aromatic rings. The van der Waals surface area contributed by atoms with Gasteiger partial charge in [-0.25, -0.2) is 0 Å². The molecule has 0 heterocycles. The van der Waals surface area contributed by atoms with Crippen LogP contribution < -0.4 is 0 Å². The number of rotatable bonds is 6. The highest BCUT2D eigenvalue weighted by molar-refractivity contribution is 5.88. The highest BCUT2D eigenvalue weighted by Crippen LogP contribution is 1.99. The maximum Gasteiger partial charge on any atom is 0.155 e. The number of carbonyl (C=O) groups is 1. The summed E-state index contributed by atoms with van der Waals surface area (Å²) in [6.07, 6.45) is 4.51. The van der Waals surface area contributed by atoms with E-state index < -0.39 is 0 Å². The predicted octanol–water partition coefficient (Wildman–Crippen LogP) is 1.29. The molecule has 0 aromatic heterocycles. The van der Waals surface area contributed by atoms with Crippen molar-refractivity contribution in [3.8, 4) is 0 Å². The minimum atomic E-state index is 0.0953. The Morgan fingerprint density at radius 2 is 2.10 bits per heavy atom. The lowest BCUT2D eigenvalue weighted by molar-refractivity contribution is -0.114. The van der Waals surface area contributed by atoms with Gasteiger partial charge in [-0.2, -0.15) is 0 Å². The van der Waals surface area contributed by atoms with E-state index >= 15 is 0 Å². The Morgan fingerprint density at radius 1 is 1.40 bits per heavy atom. The molecule has 0 spiro atoms. The molecule has 0 saturated carbocycles. The van der Waals surface area contributed by atoms with E-state index in [4.69, 9.17) is 5.11 Å². The molecule has 0 aromatic carbocycles. The Bertz CT molecular complexity index is 108. The second-order valence-electron chi connectivity index (χ2n) is 2.20. The maximum absolute atomic E-state index is 10.6. The zero-order valence-corrected chi connectivity index (χ0v) is 6.18. The van der Waals surface area contributed by atoms with E-state index in [1.165, 1.54) is 6.08 Å². The number of ketones is 1. The second-order valence-corrected chi connectivity index (χ2v) is 2.20. The van der Waals surface area contributed by atoms with Crippen molar-refractivity contribution in [1.29, 1.82) is 0 Å². The first kappa shape index (κ1) is 9.37. The van der Waals surface area contributed by atoms with Gasteiger partial charge in [0.1, 0.15) is 0 Å². The van der Waals surface area contributed by atoms with Gasteiger partial charge < -0.3 is 5.11 Å². The molecular formula is C8H14O2. The van der Waals surface area contributed by atoms with Gasteiger partial charge in [0.2, 0.25) is 0 Å². The highest BCUT2D eigenvalue weighted by Gasteiger charge is 1.93. The van der Waals surface area contributed by atoms with Crippen molar-refractivity contribution >= 4 is 5.78 Å². The highest BCUT2D eigenvalue weighted by atomic mass is 16.2. The fraction of sp³-hybridized carbons (Fsp3) is 0.625. The number of aliphatic hydroxyl groups is 1. The molecule has 0 atom stereocenters. The molecule has 0 aliphatic heterocycles. The average Bonchev–Trinajstić information content (AvgIpc) is 1.98. The van der Waals surface area contributed by atoms with E-state index in [9.17, 15) is 4.79 Å². The molecule has 2 heteroatoms. The number of hydrogen-bond donors (Lipinski definition) is 1. The van der Waals surface area contributed by atoms with Crippen molar-refractivity contribution in [2.75, 3.05) is 6.61 Å². The van der Waals surface area contributed by atoms with Crippen LogP contribution in [0.2, 0.25) is 0 Å². The maximum atomic E-state index is 10.6. The molecule has 0 aliphatic carbocycles. The van der Waals surface area contributed by atoms with E-state index in [1.807, 2.05) is 0 Å². The first-order valence-corrected chi connectivity index (χ1v) is 3.57. The van der Waals surface area contributed by atoms with Gasteiger partial charge >= 0.3 is 0 Å². The van der Waals surface area contributed by atoms with Crippen LogP contribution in [0.3, 0.4) is 0 Å². The summed E-state index contributed by atoms with van der Waals surface area (Å²) in [6.45, 7) is 3.59. The lowest BCUT2D eigenvalue weighted by atomic mass is 10.1. The largest absolute Gasteiger partial charge is 0.396 e. The lowest BCUT2D eigenvalue weighted by Gasteiger charge is -1.94. The number of allylic oxidation sites excluding steroid dienone is 1. The predicted molar refractivity (Wildman–Crippen MR) is 40.8 cm³/mol. The molecule has 58 valence electrons. The molecule has 0 fully saturated rings. The molecule has 1 N–H and O–H groups in total. The van der Waals surface area contributed by atoms with Gasteiger partial charge in [-0.15, -0.1) is 0 Å². The first-order chi connectivity index (χ1) is 4.81. The smallest absolute Gasteiger partial charge is 0.155 e. The van der Waals surface area contributed by atoms with Crippen LogP contribution in [0.25, 0.3) is 0 Å². The van der Waals surface area contributed by atoms with Crippen molar-refractivity contribution in [3.05, 3.63) is 12.7 Å². The van der Waals surface area contributed by atoms with Gasteiger partial charge in [0.15, 0.2) is 5.78 Å². The Morgan fingerprint density at radius 3 is 2.60 bits per heavy atom. The van der Waals surface area contributed by atoms with Gasteiger partial charge in [-0.1, -0.05) is 13.0 Å². The molecule has 0 aliphatic rings.